The number of carbonyl (C=O) groups is 2. The number of unbranched alkanes of at least 4 members (excludes halogenated alkanes) is 1. The molecule has 174 valence electrons. The number of ether oxygens (including phenoxy) is 2. The smallest absolute Gasteiger partial charge is 0.338 e. The molecule has 2 aromatic carbocycles. The van der Waals surface area contributed by atoms with Gasteiger partial charge in [0.25, 0.3) is 5.91 Å². The van der Waals surface area contributed by atoms with Gasteiger partial charge in [0.15, 0.2) is 6.61 Å². The molecule has 1 amide bonds. The standard InChI is InChI=1S/C22H27ClN2O6S/c1-4-5-12-30-22(27)16-6-8-17(9-7-16)24-21(26)14-31-20-11-10-18(13-19(20)23)32(28,29)25-15(2)3/h6-11,13,15,25H,4-5,12,14H2,1-3H3,(H,24,26). The van der Waals surface area contributed by atoms with Crippen LogP contribution in [0.4, 0.5) is 5.69 Å². The molecule has 0 saturated carbocycles. The maximum Gasteiger partial charge on any atom is 0.338 e. The third-order valence-electron chi connectivity index (χ3n) is 4.10. The molecule has 0 fully saturated rings. The number of rotatable bonds is 11. The van der Waals surface area contributed by atoms with E-state index in [0.717, 1.165) is 12.8 Å². The van der Waals surface area contributed by atoms with Crippen molar-refractivity contribution in [2.75, 3.05) is 18.5 Å². The molecule has 0 aliphatic heterocycles. The van der Waals surface area contributed by atoms with Crippen molar-refractivity contribution in [1.82, 2.24) is 4.72 Å². The predicted molar refractivity (Wildman–Crippen MR) is 123 cm³/mol. The van der Waals surface area contributed by atoms with Crippen LogP contribution in [0.25, 0.3) is 0 Å². The second-order valence-corrected chi connectivity index (χ2v) is 9.39. The number of amides is 1. The van der Waals surface area contributed by atoms with Crippen LogP contribution in [0.1, 0.15) is 44.0 Å². The number of esters is 1. The summed E-state index contributed by atoms with van der Waals surface area (Å²) >= 11 is 6.12. The Balaban J connectivity index is 1.91. The van der Waals surface area contributed by atoms with E-state index in [9.17, 15) is 18.0 Å². The van der Waals surface area contributed by atoms with Gasteiger partial charge in [-0.05, 0) is 62.7 Å². The third kappa shape index (κ3) is 7.81. The maximum atomic E-state index is 12.2. The van der Waals surface area contributed by atoms with E-state index in [1.807, 2.05) is 6.92 Å². The number of hydrogen-bond donors (Lipinski definition) is 2. The Bertz CT molecular complexity index is 1040. The summed E-state index contributed by atoms with van der Waals surface area (Å²) in [4.78, 5) is 24.1. The van der Waals surface area contributed by atoms with Crippen molar-refractivity contribution in [1.29, 1.82) is 0 Å². The number of anilines is 1. The van der Waals surface area contributed by atoms with E-state index in [4.69, 9.17) is 21.1 Å². The summed E-state index contributed by atoms with van der Waals surface area (Å²) in [5, 5.41) is 2.71. The molecule has 0 saturated heterocycles. The highest BCUT2D eigenvalue weighted by Gasteiger charge is 2.17. The molecule has 0 unspecified atom stereocenters. The van der Waals surface area contributed by atoms with Crippen molar-refractivity contribution in [2.45, 2.75) is 44.6 Å². The van der Waals surface area contributed by atoms with Gasteiger partial charge >= 0.3 is 5.97 Å². The van der Waals surface area contributed by atoms with E-state index in [1.165, 1.54) is 18.2 Å². The lowest BCUT2D eigenvalue weighted by molar-refractivity contribution is -0.118. The zero-order valence-electron chi connectivity index (χ0n) is 18.2. The first-order valence-corrected chi connectivity index (χ1v) is 12.0. The highest BCUT2D eigenvalue weighted by Crippen LogP contribution is 2.27. The minimum Gasteiger partial charge on any atom is -0.482 e. The second kappa shape index (κ2) is 11.8. The van der Waals surface area contributed by atoms with Crippen LogP contribution in [0.2, 0.25) is 5.02 Å². The lowest BCUT2D eigenvalue weighted by Gasteiger charge is -2.12. The van der Waals surface area contributed by atoms with Crippen LogP contribution in [0.3, 0.4) is 0 Å². The van der Waals surface area contributed by atoms with Crippen LogP contribution in [-0.2, 0) is 19.6 Å². The molecule has 10 heteroatoms. The fourth-order valence-electron chi connectivity index (χ4n) is 2.57. The van der Waals surface area contributed by atoms with Crippen LogP contribution in [0.5, 0.6) is 5.75 Å². The zero-order chi connectivity index (χ0) is 23.7. The highest BCUT2D eigenvalue weighted by atomic mass is 35.5. The fourth-order valence-corrected chi connectivity index (χ4v) is 4.14. The summed E-state index contributed by atoms with van der Waals surface area (Å²) in [5.74, 6) is -0.684. The van der Waals surface area contributed by atoms with Crippen molar-refractivity contribution in [3.8, 4) is 5.75 Å². The summed E-state index contributed by atoms with van der Waals surface area (Å²) in [6.07, 6.45) is 1.74. The molecule has 0 radical (unpaired) electrons. The molecule has 0 heterocycles. The molecular formula is C22H27ClN2O6S. The lowest BCUT2D eigenvalue weighted by atomic mass is 10.2. The zero-order valence-corrected chi connectivity index (χ0v) is 19.8. The van der Waals surface area contributed by atoms with Gasteiger partial charge in [0.1, 0.15) is 5.75 Å². The first kappa shape index (κ1) is 25.6. The molecule has 2 N–H and O–H groups in total. The van der Waals surface area contributed by atoms with E-state index < -0.39 is 21.9 Å². The summed E-state index contributed by atoms with van der Waals surface area (Å²) in [6, 6.07) is 10.0. The summed E-state index contributed by atoms with van der Waals surface area (Å²) in [6.45, 7) is 5.46. The normalized spacial score (nSPS) is 11.3. The molecule has 0 aromatic heterocycles. The molecule has 32 heavy (non-hydrogen) atoms. The lowest BCUT2D eigenvalue weighted by Crippen LogP contribution is -2.30. The Hall–Kier alpha value is -2.62. The minimum atomic E-state index is -3.69. The van der Waals surface area contributed by atoms with Gasteiger partial charge in [-0.2, -0.15) is 0 Å². The van der Waals surface area contributed by atoms with E-state index in [-0.39, 0.29) is 28.3 Å². The van der Waals surface area contributed by atoms with Crippen LogP contribution < -0.4 is 14.8 Å². The first-order valence-electron chi connectivity index (χ1n) is 10.1. The third-order valence-corrected chi connectivity index (χ3v) is 6.05. The Labute approximate surface area is 193 Å². The molecule has 8 nitrogen and oxygen atoms in total. The number of sulfonamides is 1. The van der Waals surface area contributed by atoms with Gasteiger partial charge in [0.2, 0.25) is 10.0 Å². The summed E-state index contributed by atoms with van der Waals surface area (Å²) in [7, 11) is -3.69. The van der Waals surface area contributed by atoms with Crippen molar-refractivity contribution >= 4 is 39.2 Å². The van der Waals surface area contributed by atoms with E-state index in [1.54, 1.807) is 38.1 Å². The number of carbonyl (C=O) groups excluding carboxylic acids is 2. The predicted octanol–water partition coefficient (Wildman–Crippen LogP) is 4.00. The van der Waals surface area contributed by atoms with Crippen molar-refractivity contribution < 1.29 is 27.5 Å². The summed E-state index contributed by atoms with van der Waals surface area (Å²) in [5.41, 5.74) is 0.875. The van der Waals surface area contributed by atoms with E-state index in [0.29, 0.717) is 17.9 Å². The molecular weight excluding hydrogens is 456 g/mol. The van der Waals surface area contributed by atoms with Crippen LogP contribution in [-0.4, -0.2) is 39.5 Å². The van der Waals surface area contributed by atoms with Crippen LogP contribution in [0, 0.1) is 0 Å². The largest absolute Gasteiger partial charge is 0.482 e. The van der Waals surface area contributed by atoms with Crippen molar-refractivity contribution in [2.24, 2.45) is 0 Å². The Kier molecular flexibility index (Phi) is 9.49. The van der Waals surface area contributed by atoms with Crippen molar-refractivity contribution in [3.05, 3.63) is 53.1 Å². The number of hydrogen-bond acceptors (Lipinski definition) is 6. The summed E-state index contributed by atoms with van der Waals surface area (Å²) < 4.78 is 37.4. The highest BCUT2D eigenvalue weighted by molar-refractivity contribution is 7.89. The number of benzene rings is 2. The second-order valence-electron chi connectivity index (χ2n) is 7.27. The fraction of sp³-hybridized carbons (Fsp3) is 0.364. The van der Waals surface area contributed by atoms with Gasteiger partial charge in [0.05, 0.1) is 22.1 Å². The topological polar surface area (TPSA) is 111 Å². The SMILES string of the molecule is CCCCOC(=O)c1ccc(NC(=O)COc2ccc(S(=O)(=O)NC(C)C)cc2Cl)cc1. The number of nitrogens with one attached hydrogen (secondary N) is 2. The molecule has 2 rings (SSSR count). The van der Waals surface area contributed by atoms with Crippen LogP contribution in [0.15, 0.2) is 47.4 Å². The Morgan fingerprint density at radius 3 is 2.38 bits per heavy atom. The van der Waals surface area contributed by atoms with Crippen LogP contribution >= 0.6 is 11.6 Å². The maximum absolute atomic E-state index is 12.2. The van der Waals surface area contributed by atoms with Gasteiger partial charge in [-0.3, -0.25) is 4.79 Å². The molecule has 2 aromatic rings. The molecule has 0 atom stereocenters. The Morgan fingerprint density at radius 2 is 1.78 bits per heavy atom. The monoisotopic (exact) mass is 482 g/mol. The van der Waals surface area contributed by atoms with Gasteiger partial charge < -0.3 is 14.8 Å². The van der Waals surface area contributed by atoms with E-state index in [2.05, 4.69) is 10.0 Å². The molecule has 0 aliphatic rings. The Morgan fingerprint density at radius 1 is 1.09 bits per heavy atom. The minimum absolute atomic E-state index is 0.00121. The average molecular weight is 483 g/mol. The van der Waals surface area contributed by atoms with E-state index >= 15 is 0 Å². The van der Waals surface area contributed by atoms with Gasteiger partial charge in [-0.1, -0.05) is 24.9 Å². The molecule has 0 aliphatic carbocycles. The molecule has 0 spiro atoms. The first-order chi connectivity index (χ1) is 15.1. The average Bonchev–Trinajstić information content (AvgIpc) is 2.72. The van der Waals surface area contributed by atoms with Gasteiger partial charge in [-0.25, -0.2) is 17.9 Å². The number of halogens is 1. The van der Waals surface area contributed by atoms with Crippen molar-refractivity contribution in [3.63, 3.8) is 0 Å². The molecule has 0 bridgehead atoms. The van der Waals surface area contributed by atoms with Gasteiger partial charge in [-0.15, -0.1) is 0 Å². The quantitative estimate of drug-likeness (QED) is 0.370. The van der Waals surface area contributed by atoms with Gasteiger partial charge in [0, 0.05) is 11.7 Å².